The summed E-state index contributed by atoms with van der Waals surface area (Å²) in [7, 11) is 0. The second-order valence-electron chi connectivity index (χ2n) is 3.91. The Morgan fingerprint density at radius 2 is 1.86 bits per heavy atom. The van der Waals surface area contributed by atoms with Crippen molar-refractivity contribution in [2.75, 3.05) is 6.54 Å². The smallest absolute Gasteiger partial charge is 0.248 e. The zero-order valence-electron chi connectivity index (χ0n) is 12.7. The van der Waals surface area contributed by atoms with E-state index in [4.69, 9.17) is 17.9 Å². The summed E-state index contributed by atoms with van der Waals surface area (Å²) in [6, 6.07) is 6.89. The van der Waals surface area contributed by atoms with Crippen molar-refractivity contribution in [3.8, 4) is 12.3 Å². The van der Waals surface area contributed by atoms with Crippen LogP contribution >= 0.6 is 0 Å². The van der Waals surface area contributed by atoms with E-state index in [1.54, 1.807) is 30.5 Å². The van der Waals surface area contributed by atoms with Crippen LogP contribution in [0.1, 0.15) is 42.6 Å². The second-order valence-corrected chi connectivity index (χ2v) is 3.91. The van der Waals surface area contributed by atoms with Crippen LogP contribution in [0.3, 0.4) is 0 Å². The molecular weight excluding hydrogens is 262 g/mol. The highest BCUT2D eigenvalue weighted by Crippen LogP contribution is 2.12. The van der Waals surface area contributed by atoms with Gasteiger partial charge in [0, 0.05) is 36.5 Å². The molecule has 0 atom stereocenters. The third-order valence-electron chi connectivity index (χ3n) is 2.52. The number of unbranched alkanes of at least 4 members (excludes halogenated alkanes) is 1. The van der Waals surface area contributed by atoms with E-state index in [0.717, 1.165) is 17.6 Å². The van der Waals surface area contributed by atoms with Crippen LogP contribution < -0.4 is 11.5 Å². The lowest BCUT2D eigenvalue weighted by atomic mass is 10.1. The molecule has 0 aliphatic heterocycles. The van der Waals surface area contributed by atoms with Crippen LogP contribution in [0.15, 0.2) is 35.5 Å². The second kappa shape index (κ2) is 11.3. The van der Waals surface area contributed by atoms with E-state index in [1.807, 2.05) is 13.8 Å². The topological polar surface area (TPSA) is 81.5 Å². The van der Waals surface area contributed by atoms with Crippen LogP contribution in [0.2, 0.25) is 0 Å². The number of hydrogen-bond acceptors (Lipinski definition) is 3. The molecular formula is C17H23N3O. The number of terminal acetylenes is 1. The molecule has 1 aromatic carbocycles. The van der Waals surface area contributed by atoms with E-state index in [1.165, 1.54) is 6.20 Å². The van der Waals surface area contributed by atoms with Gasteiger partial charge in [0.15, 0.2) is 0 Å². The number of rotatable bonds is 6. The SMILES string of the molecule is C#CCCCN=C/C(=C\N)c1ccc(C(N)=O)cc1.CC. The Bertz CT molecular complexity index is 522. The van der Waals surface area contributed by atoms with E-state index in [-0.39, 0.29) is 0 Å². The van der Waals surface area contributed by atoms with Crippen LogP contribution in [0.4, 0.5) is 0 Å². The van der Waals surface area contributed by atoms with Crippen molar-refractivity contribution in [2.45, 2.75) is 26.7 Å². The van der Waals surface area contributed by atoms with Crippen molar-refractivity contribution in [3.63, 3.8) is 0 Å². The maximum absolute atomic E-state index is 11.0. The van der Waals surface area contributed by atoms with E-state index in [2.05, 4.69) is 10.9 Å². The van der Waals surface area contributed by atoms with Crippen LogP contribution in [-0.4, -0.2) is 18.7 Å². The lowest BCUT2D eigenvalue weighted by Crippen LogP contribution is -2.10. The van der Waals surface area contributed by atoms with Gasteiger partial charge in [0.2, 0.25) is 5.91 Å². The summed E-state index contributed by atoms with van der Waals surface area (Å²) < 4.78 is 0. The first kappa shape index (κ1) is 18.5. The van der Waals surface area contributed by atoms with E-state index in [9.17, 15) is 4.79 Å². The maximum atomic E-state index is 11.0. The first-order valence-corrected chi connectivity index (χ1v) is 6.94. The highest BCUT2D eigenvalue weighted by molar-refractivity contribution is 6.09. The van der Waals surface area contributed by atoms with Crippen LogP contribution in [-0.2, 0) is 0 Å². The highest BCUT2D eigenvalue weighted by Gasteiger charge is 2.02. The minimum atomic E-state index is -0.451. The fraction of sp³-hybridized carbons (Fsp3) is 0.294. The summed E-state index contributed by atoms with van der Waals surface area (Å²) >= 11 is 0. The van der Waals surface area contributed by atoms with Crippen LogP contribution in [0.5, 0.6) is 0 Å². The van der Waals surface area contributed by atoms with Crippen molar-refractivity contribution in [3.05, 3.63) is 41.6 Å². The lowest BCUT2D eigenvalue weighted by molar-refractivity contribution is 0.100. The molecule has 1 amide bonds. The molecule has 1 aromatic rings. The van der Waals surface area contributed by atoms with Gasteiger partial charge >= 0.3 is 0 Å². The number of amides is 1. The summed E-state index contributed by atoms with van der Waals surface area (Å²) in [5, 5.41) is 0. The lowest BCUT2D eigenvalue weighted by Gasteiger charge is -2.02. The molecule has 4 N–H and O–H groups in total. The van der Waals surface area contributed by atoms with Gasteiger partial charge in [-0.3, -0.25) is 9.79 Å². The van der Waals surface area contributed by atoms with E-state index < -0.39 is 5.91 Å². The molecule has 0 saturated carbocycles. The molecule has 0 aliphatic carbocycles. The summed E-state index contributed by atoms with van der Waals surface area (Å²) in [5.41, 5.74) is 12.9. The van der Waals surface area contributed by atoms with E-state index in [0.29, 0.717) is 18.5 Å². The average molecular weight is 285 g/mol. The molecule has 0 fully saturated rings. The fourth-order valence-electron chi connectivity index (χ4n) is 1.48. The third-order valence-corrected chi connectivity index (χ3v) is 2.52. The van der Waals surface area contributed by atoms with Gasteiger partial charge in [-0.05, 0) is 24.1 Å². The Morgan fingerprint density at radius 3 is 2.33 bits per heavy atom. The fourth-order valence-corrected chi connectivity index (χ4v) is 1.48. The Kier molecular flexibility index (Phi) is 9.93. The number of carbonyl (C=O) groups is 1. The average Bonchev–Trinajstić information content (AvgIpc) is 2.53. The van der Waals surface area contributed by atoms with Crippen molar-refractivity contribution < 1.29 is 4.79 Å². The molecule has 0 bridgehead atoms. The molecule has 1 rings (SSSR count). The zero-order valence-corrected chi connectivity index (χ0v) is 12.7. The molecule has 21 heavy (non-hydrogen) atoms. The van der Waals surface area contributed by atoms with Crippen LogP contribution in [0, 0.1) is 12.3 Å². The van der Waals surface area contributed by atoms with Gasteiger partial charge in [-0.25, -0.2) is 0 Å². The predicted molar refractivity (Wildman–Crippen MR) is 89.9 cm³/mol. The summed E-state index contributed by atoms with van der Waals surface area (Å²) in [5.74, 6) is 2.11. The quantitative estimate of drug-likeness (QED) is 0.478. The highest BCUT2D eigenvalue weighted by atomic mass is 16.1. The number of aliphatic imine (C=N–C) groups is 1. The number of primary amides is 1. The molecule has 0 heterocycles. The standard InChI is InChI=1S/C15H17N3O.C2H6/c1-2-3-4-9-18-11-14(10-16)12-5-7-13(8-6-12)15(17)19;1-2/h1,5-8,10-11H,3-4,9,16H2,(H2,17,19);1-2H3/b14-10+,18-11?;. The number of benzene rings is 1. The van der Waals surface area contributed by atoms with Gasteiger partial charge < -0.3 is 11.5 Å². The molecule has 0 aliphatic rings. The third kappa shape index (κ3) is 6.98. The molecule has 0 unspecified atom stereocenters. The number of nitrogens with zero attached hydrogens (tertiary/aromatic N) is 1. The van der Waals surface area contributed by atoms with Crippen LogP contribution in [0.25, 0.3) is 5.57 Å². The van der Waals surface area contributed by atoms with Crippen molar-refractivity contribution in [2.24, 2.45) is 16.5 Å². The van der Waals surface area contributed by atoms with Gasteiger partial charge in [0.1, 0.15) is 0 Å². The van der Waals surface area contributed by atoms with Gasteiger partial charge in [-0.15, -0.1) is 12.3 Å². The molecule has 4 heteroatoms. The van der Waals surface area contributed by atoms with Gasteiger partial charge in [-0.1, -0.05) is 26.0 Å². The predicted octanol–water partition coefficient (Wildman–Crippen LogP) is 2.60. The van der Waals surface area contributed by atoms with E-state index >= 15 is 0 Å². The molecule has 0 radical (unpaired) electrons. The van der Waals surface area contributed by atoms with Crippen molar-refractivity contribution in [1.29, 1.82) is 0 Å². The van der Waals surface area contributed by atoms with Gasteiger partial charge in [0.25, 0.3) is 0 Å². The van der Waals surface area contributed by atoms with Gasteiger partial charge in [0.05, 0.1) is 0 Å². The first-order valence-electron chi connectivity index (χ1n) is 6.94. The molecule has 4 nitrogen and oxygen atoms in total. The monoisotopic (exact) mass is 285 g/mol. The summed E-state index contributed by atoms with van der Waals surface area (Å²) in [4.78, 5) is 15.2. The minimum absolute atomic E-state index is 0.451. The molecule has 0 spiro atoms. The summed E-state index contributed by atoms with van der Waals surface area (Å²) in [6.45, 7) is 4.67. The van der Waals surface area contributed by atoms with Crippen molar-refractivity contribution >= 4 is 17.7 Å². The van der Waals surface area contributed by atoms with Crippen molar-refractivity contribution in [1.82, 2.24) is 0 Å². The number of nitrogens with two attached hydrogens (primary N) is 2. The zero-order chi connectivity index (χ0) is 16.1. The minimum Gasteiger partial charge on any atom is -0.404 e. The Hall–Kier alpha value is -2.54. The Balaban J connectivity index is 0.00000191. The Labute approximate surface area is 126 Å². The summed E-state index contributed by atoms with van der Waals surface area (Å²) in [6.07, 6.45) is 9.90. The van der Waals surface area contributed by atoms with Gasteiger partial charge in [-0.2, -0.15) is 0 Å². The number of hydrogen-bond donors (Lipinski definition) is 2. The molecule has 0 saturated heterocycles. The first-order chi connectivity index (χ1) is 10.2. The maximum Gasteiger partial charge on any atom is 0.248 e. The normalized spacial score (nSPS) is 10.6. The number of carbonyl (C=O) groups excluding carboxylic acids is 1. The number of allylic oxidation sites excluding steroid dienone is 1. The largest absolute Gasteiger partial charge is 0.404 e. The Morgan fingerprint density at radius 1 is 1.29 bits per heavy atom. The molecule has 112 valence electrons. The molecule has 0 aromatic heterocycles.